The largest absolute Gasteiger partial charge is 0.337 e. The van der Waals surface area contributed by atoms with Crippen LogP contribution in [0.15, 0.2) is 12.4 Å². The summed E-state index contributed by atoms with van der Waals surface area (Å²) >= 11 is 6.40. The summed E-state index contributed by atoms with van der Waals surface area (Å²) in [5, 5.41) is 8.20. The van der Waals surface area contributed by atoms with Crippen LogP contribution in [-0.2, 0) is 0 Å². The molecule has 2 aromatic rings. The van der Waals surface area contributed by atoms with E-state index in [9.17, 15) is 4.79 Å². The summed E-state index contributed by atoms with van der Waals surface area (Å²) < 4.78 is 1.61. The van der Waals surface area contributed by atoms with E-state index in [4.69, 9.17) is 11.6 Å². The van der Waals surface area contributed by atoms with E-state index in [0.29, 0.717) is 21.8 Å². The predicted octanol–water partition coefficient (Wildman–Crippen LogP) is 2.69. The van der Waals surface area contributed by atoms with E-state index >= 15 is 0 Å². The molecule has 6 nitrogen and oxygen atoms in total. The third kappa shape index (κ3) is 3.13. The van der Waals surface area contributed by atoms with Crippen molar-refractivity contribution in [3.63, 3.8) is 0 Å². The number of carbonyl (C=O) groups is 1. The number of nitrogens with zero attached hydrogens (tertiary/aromatic N) is 4. The first-order valence-electron chi connectivity index (χ1n) is 9.09. The van der Waals surface area contributed by atoms with Crippen molar-refractivity contribution >= 4 is 23.2 Å². The summed E-state index contributed by atoms with van der Waals surface area (Å²) in [6.07, 6.45) is 9.34. The van der Waals surface area contributed by atoms with Crippen molar-refractivity contribution in [2.24, 2.45) is 5.41 Å². The third-order valence-corrected chi connectivity index (χ3v) is 6.09. The van der Waals surface area contributed by atoms with Crippen molar-refractivity contribution < 1.29 is 4.79 Å². The van der Waals surface area contributed by atoms with Gasteiger partial charge in [0.1, 0.15) is 5.02 Å². The molecule has 0 atom stereocenters. The summed E-state index contributed by atoms with van der Waals surface area (Å²) in [7, 11) is 0. The minimum Gasteiger partial charge on any atom is -0.337 e. The molecule has 1 spiro atoms. The van der Waals surface area contributed by atoms with E-state index in [1.165, 1.54) is 19.3 Å². The van der Waals surface area contributed by atoms with Gasteiger partial charge >= 0.3 is 0 Å². The Bertz CT molecular complexity index is 796. The van der Waals surface area contributed by atoms with Gasteiger partial charge in [0.25, 0.3) is 5.91 Å². The molecule has 2 aliphatic heterocycles. The van der Waals surface area contributed by atoms with E-state index in [1.807, 2.05) is 18.0 Å². The van der Waals surface area contributed by atoms with Gasteiger partial charge in [0.15, 0.2) is 11.3 Å². The standard InChI is InChI=1S/C18H24ClN5O/c1-13-11-21-16-14(19)15(22-24(16)12-13)17(25)23-9-2-3-18(6-10-23)4-7-20-8-5-18/h11-12,20H,2-10H2,1H3. The number of aryl methyl sites for hydroxylation is 1. The highest BCUT2D eigenvalue weighted by molar-refractivity contribution is 6.36. The zero-order chi connectivity index (χ0) is 17.4. The molecule has 7 heteroatoms. The summed E-state index contributed by atoms with van der Waals surface area (Å²) in [6, 6.07) is 0. The fraction of sp³-hybridized carbons (Fsp3) is 0.611. The molecule has 4 rings (SSSR count). The molecule has 2 aliphatic rings. The van der Waals surface area contributed by atoms with Gasteiger partial charge in [-0.3, -0.25) is 4.79 Å². The highest BCUT2D eigenvalue weighted by Gasteiger charge is 2.35. The first-order chi connectivity index (χ1) is 12.1. The number of amides is 1. The average molecular weight is 362 g/mol. The molecule has 0 unspecified atom stereocenters. The van der Waals surface area contributed by atoms with Crippen molar-refractivity contribution in [2.45, 2.75) is 39.0 Å². The summed E-state index contributed by atoms with van der Waals surface area (Å²) in [4.78, 5) is 19.3. The average Bonchev–Trinajstić information content (AvgIpc) is 2.80. The summed E-state index contributed by atoms with van der Waals surface area (Å²) in [6.45, 7) is 5.70. The minimum atomic E-state index is -0.0702. The van der Waals surface area contributed by atoms with Crippen molar-refractivity contribution in [3.8, 4) is 0 Å². The number of hydrogen-bond acceptors (Lipinski definition) is 4. The number of nitrogens with one attached hydrogen (secondary N) is 1. The van der Waals surface area contributed by atoms with Gasteiger partial charge < -0.3 is 10.2 Å². The van der Waals surface area contributed by atoms with Crippen LogP contribution in [0.3, 0.4) is 0 Å². The maximum Gasteiger partial charge on any atom is 0.276 e. The van der Waals surface area contributed by atoms with Crippen molar-refractivity contribution in [1.82, 2.24) is 24.8 Å². The lowest BCUT2D eigenvalue weighted by molar-refractivity contribution is 0.0744. The molecule has 0 bridgehead atoms. The van der Waals surface area contributed by atoms with Gasteiger partial charge in [-0.25, -0.2) is 9.50 Å². The Morgan fingerprint density at radius 1 is 1.24 bits per heavy atom. The number of halogens is 1. The number of hydrogen-bond donors (Lipinski definition) is 1. The molecular weight excluding hydrogens is 338 g/mol. The Morgan fingerprint density at radius 3 is 2.84 bits per heavy atom. The van der Waals surface area contributed by atoms with E-state index in [1.54, 1.807) is 10.7 Å². The first-order valence-corrected chi connectivity index (χ1v) is 9.46. The fourth-order valence-electron chi connectivity index (χ4n) is 4.20. The quantitative estimate of drug-likeness (QED) is 0.848. The number of carbonyl (C=O) groups excluding carboxylic acids is 1. The molecule has 0 aromatic carbocycles. The van der Waals surface area contributed by atoms with Gasteiger partial charge in [0.05, 0.1) is 0 Å². The Balaban J connectivity index is 1.56. The Labute approximate surface area is 152 Å². The van der Waals surface area contributed by atoms with Crippen LogP contribution in [0.5, 0.6) is 0 Å². The molecule has 2 fully saturated rings. The second kappa shape index (κ2) is 6.57. The van der Waals surface area contributed by atoms with Gasteiger partial charge in [0, 0.05) is 25.5 Å². The summed E-state index contributed by atoms with van der Waals surface area (Å²) in [5.41, 5.74) is 2.25. The maximum absolute atomic E-state index is 13.0. The first kappa shape index (κ1) is 16.8. The van der Waals surface area contributed by atoms with Crippen LogP contribution in [0.2, 0.25) is 5.02 Å². The number of likely N-dealkylation sites (tertiary alicyclic amines) is 1. The molecule has 4 heterocycles. The normalized spacial score (nSPS) is 20.8. The lowest BCUT2D eigenvalue weighted by Crippen LogP contribution is -2.38. The molecule has 2 saturated heterocycles. The Morgan fingerprint density at radius 2 is 2.04 bits per heavy atom. The van der Waals surface area contributed by atoms with Crippen LogP contribution < -0.4 is 5.32 Å². The van der Waals surface area contributed by atoms with Gasteiger partial charge in [-0.1, -0.05) is 11.6 Å². The lowest BCUT2D eigenvalue weighted by atomic mass is 9.73. The molecule has 0 saturated carbocycles. The molecule has 1 N–H and O–H groups in total. The molecule has 0 aliphatic carbocycles. The van der Waals surface area contributed by atoms with Gasteiger partial charge in [-0.05, 0) is 63.1 Å². The lowest BCUT2D eigenvalue weighted by Gasteiger charge is -2.36. The van der Waals surface area contributed by atoms with Crippen molar-refractivity contribution in [1.29, 1.82) is 0 Å². The summed E-state index contributed by atoms with van der Waals surface area (Å²) in [5.74, 6) is -0.0702. The van der Waals surface area contributed by atoms with Crippen molar-refractivity contribution in [3.05, 3.63) is 28.7 Å². The van der Waals surface area contributed by atoms with Crippen LogP contribution in [0, 0.1) is 12.3 Å². The second-order valence-corrected chi connectivity index (χ2v) is 7.84. The van der Waals surface area contributed by atoms with E-state index in [-0.39, 0.29) is 5.91 Å². The van der Waals surface area contributed by atoms with Crippen LogP contribution >= 0.6 is 11.6 Å². The SMILES string of the molecule is Cc1cnc2c(Cl)c(C(=O)N3CCCC4(CCNCC4)CC3)nn2c1. The van der Waals surface area contributed by atoms with Crippen LogP contribution in [0.25, 0.3) is 5.65 Å². The maximum atomic E-state index is 13.0. The zero-order valence-corrected chi connectivity index (χ0v) is 15.3. The van der Waals surface area contributed by atoms with E-state index < -0.39 is 0 Å². The third-order valence-electron chi connectivity index (χ3n) is 5.75. The monoisotopic (exact) mass is 361 g/mol. The van der Waals surface area contributed by atoms with Crippen LogP contribution in [-0.4, -0.2) is 51.6 Å². The molecule has 134 valence electrons. The van der Waals surface area contributed by atoms with Gasteiger partial charge in [-0.2, -0.15) is 5.10 Å². The second-order valence-electron chi connectivity index (χ2n) is 7.46. The number of fused-ring (bicyclic) bond motifs is 1. The van der Waals surface area contributed by atoms with Gasteiger partial charge in [-0.15, -0.1) is 0 Å². The van der Waals surface area contributed by atoms with Crippen LogP contribution in [0.1, 0.15) is 48.2 Å². The molecule has 1 amide bonds. The molecular formula is C18H24ClN5O. The van der Waals surface area contributed by atoms with E-state index in [2.05, 4.69) is 15.4 Å². The highest BCUT2D eigenvalue weighted by Crippen LogP contribution is 2.39. The van der Waals surface area contributed by atoms with Gasteiger partial charge in [0.2, 0.25) is 0 Å². The topological polar surface area (TPSA) is 62.5 Å². The Hall–Kier alpha value is -1.66. The minimum absolute atomic E-state index is 0.0702. The Kier molecular flexibility index (Phi) is 4.41. The molecule has 2 aromatic heterocycles. The highest BCUT2D eigenvalue weighted by atomic mass is 35.5. The number of rotatable bonds is 1. The van der Waals surface area contributed by atoms with Crippen molar-refractivity contribution in [2.75, 3.05) is 26.2 Å². The fourth-order valence-corrected chi connectivity index (χ4v) is 4.45. The molecule has 25 heavy (non-hydrogen) atoms. The number of aromatic nitrogens is 3. The smallest absolute Gasteiger partial charge is 0.276 e. The number of piperidine rings is 1. The zero-order valence-electron chi connectivity index (χ0n) is 14.6. The predicted molar refractivity (Wildman–Crippen MR) is 97.0 cm³/mol. The van der Waals surface area contributed by atoms with E-state index in [0.717, 1.165) is 44.6 Å². The molecule has 0 radical (unpaired) electrons. The van der Waals surface area contributed by atoms with Crippen LogP contribution in [0.4, 0.5) is 0 Å².